The highest BCUT2D eigenvalue weighted by atomic mass is 35.5. The fourth-order valence-corrected chi connectivity index (χ4v) is 1.41. The summed E-state index contributed by atoms with van der Waals surface area (Å²) < 4.78 is 0. The first kappa shape index (κ1) is 11.0. The molecule has 1 rings (SSSR count). The summed E-state index contributed by atoms with van der Waals surface area (Å²) in [4.78, 5) is 5.94. The molecule has 1 aromatic heterocycles. The van der Waals surface area contributed by atoms with Crippen molar-refractivity contribution in [1.82, 2.24) is 9.88 Å². The Labute approximate surface area is 88.9 Å². The van der Waals surface area contributed by atoms with Crippen LogP contribution in [0.4, 0.5) is 0 Å². The molecule has 0 N–H and O–H groups in total. The van der Waals surface area contributed by atoms with Gasteiger partial charge in [0.1, 0.15) is 5.38 Å². The maximum absolute atomic E-state index is 8.53. The van der Waals surface area contributed by atoms with E-state index in [9.17, 15) is 0 Å². The van der Waals surface area contributed by atoms with Gasteiger partial charge in [0.25, 0.3) is 0 Å². The molecular weight excluding hydrogens is 198 g/mol. The lowest BCUT2D eigenvalue weighted by Crippen LogP contribution is -2.24. The van der Waals surface area contributed by atoms with Crippen LogP contribution in [0.2, 0.25) is 0 Å². The van der Waals surface area contributed by atoms with Crippen LogP contribution in [0.3, 0.4) is 0 Å². The van der Waals surface area contributed by atoms with Gasteiger partial charge in [0.05, 0.1) is 6.07 Å². The van der Waals surface area contributed by atoms with Crippen LogP contribution < -0.4 is 0 Å². The van der Waals surface area contributed by atoms with E-state index in [1.54, 1.807) is 12.4 Å². The summed E-state index contributed by atoms with van der Waals surface area (Å²) in [5.41, 5.74) is 1.17. The minimum Gasteiger partial charge on any atom is -0.300 e. The number of hydrogen-bond acceptors (Lipinski definition) is 3. The van der Waals surface area contributed by atoms with E-state index in [4.69, 9.17) is 16.9 Å². The summed E-state index contributed by atoms with van der Waals surface area (Å²) in [5, 5.41) is 8.09. The van der Waals surface area contributed by atoms with Crippen molar-refractivity contribution in [2.45, 2.75) is 11.9 Å². The third kappa shape index (κ3) is 3.73. The van der Waals surface area contributed by atoms with Crippen molar-refractivity contribution >= 4 is 11.6 Å². The van der Waals surface area contributed by atoms with E-state index in [1.807, 2.05) is 30.1 Å². The zero-order chi connectivity index (χ0) is 10.4. The van der Waals surface area contributed by atoms with E-state index in [-0.39, 0.29) is 0 Å². The highest BCUT2D eigenvalue weighted by molar-refractivity contribution is 6.22. The van der Waals surface area contributed by atoms with E-state index in [2.05, 4.69) is 4.98 Å². The molecule has 0 aliphatic heterocycles. The second-order valence-corrected chi connectivity index (χ2v) is 3.68. The molecule has 74 valence electrons. The number of rotatable bonds is 4. The Morgan fingerprint density at radius 3 is 2.79 bits per heavy atom. The summed E-state index contributed by atoms with van der Waals surface area (Å²) in [7, 11) is 1.94. The summed E-state index contributed by atoms with van der Waals surface area (Å²) in [6, 6.07) is 5.89. The van der Waals surface area contributed by atoms with Gasteiger partial charge in [0, 0.05) is 25.5 Å². The molecule has 0 fully saturated rings. The van der Waals surface area contributed by atoms with Crippen molar-refractivity contribution in [2.75, 3.05) is 13.6 Å². The molecule has 0 aliphatic rings. The molecule has 0 spiro atoms. The molecule has 0 amide bonds. The summed E-state index contributed by atoms with van der Waals surface area (Å²) in [6.45, 7) is 1.35. The summed E-state index contributed by atoms with van der Waals surface area (Å²) >= 11 is 5.71. The molecule has 1 unspecified atom stereocenters. The fourth-order valence-electron chi connectivity index (χ4n) is 1.18. The van der Waals surface area contributed by atoms with Crippen LogP contribution in [0.25, 0.3) is 0 Å². The number of hydrogen-bond donors (Lipinski definition) is 0. The monoisotopic (exact) mass is 209 g/mol. The first-order valence-corrected chi connectivity index (χ1v) is 4.77. The van der Waals surface area contributed by atoms with Crippen molar-refractivity contribution in [2.24, 2.45) is 0 Å². The molecule has 3 nitrogen and oxygen atoms in total. The zero-order valence-corrected chi connectivity index (χ0v) is 8.78. The van der Waals surface area contributed by atoms with Crippen molar-refractivity contribution < 1.29 is 0 Å². The van der Waals surface area contributed by atoms with Gasteiger partial charge in [0.15, 0.2) is 0 Å². The fraction of sp³-hybridized carbons (Fsp3) is 0.400. The molecular formula is C10H12ClN3. The van der Waals surface area contributed by atoms with Gasteiger partial charge in [-0.2, -0.15) is 5.26 Å². The molecule has 0 aromatic carbocycles. The van der Waals surface area contributed by atoms with Crippen molar-refractivity contribution in [1.29, 1.82) is 5.26 Å². The number of nitrogens with zero attached hydrogens (tertiary/aromatic N) is 3. The van der Waals surface area contributed by atoms with Crippen LogP contribution in [-0.2, 0) is 6.54 Å². The topological polar surface area (TPSA) is 39.9 Å². The van der Waals surface area contributed by atoms with Crippen LogP contribution in [0, 0.1) is 11.3 Å². The lowest BCUT2D eigenvalue weighted by Gasteiger charge is -2.16. The van der Waals surface area contributed by atoms with E-state index >= 15 is 0 Å². The number of aromatic nitrogens is 1. The van der Waals surface area contributed by atoms with Crippen LogP contribution in [-0.4, -0.2) is 28.9 Å². The van der Waals surface area contributed by atoms with E-state index in [0.717, 1.165) is 6.54 Å². The largest absolute Gasteiger partial charge is 0.300 e. The Bertz CT molecular complexity index is 307. The number of halogens is 1. The van der Waals surface area contributed by atoms with Crippen LogP contribution in [0.1, 0.15) is 5.56 Å². The molecule has 0 bridgehead atoms. The summed E-state index contributed by atoms with van der Waals surface area (Å²) in [6.07, 6.45) is 3.51. The van der Waals surface area contributed by atoms with Gasteiger partial charge < -0.3 is 0 Å². The summed E-state index contributed by atoms with van der Waals surface area (Å²) in [5.74, 6) is 0. The minimum absolute atomic E-state index is 0.443. The van der Waals surface area contributed by atoms with Gasteiger partial charge in [-0.1, -0.05) is 0 Å². The Hall–Kier alpha value is -1.11. The van der Waals surface area contributed by atoms with Gasteiger partial charge in [-0.3, -0.25) is 9.88 Å². The third-order valence-electron chi connectivity index (χ3n) is 1.81. The second kappa shape index (κ2) is 5.58. The Balaban J connectivity index is 2.42. The average molecular weight is 210 g/mol. The predicted octanol–water partition coefficient (Wildman–Crippen LogP) is 1.64. The van der Waals surface area contributed by atoms with Gasteiger partial charge in [0.2, 0.25) is 0 Å². The van der Waals surface area contributed by atoms with Crippen molar-refractivity contribution in [3.8, 4) is 6.07 Å². The number of nitriles is 1. The molecule has 0 saturated carbocycles. The lowest BCUT2D eigenvalue weighted by molar-refractivity contribution is 0.337. The zero-order valence-electron chi connectivity index (χ0n) is 8.02. The molecule has 1 atom stereocenters. The normalized spacial score (nSPS) is 12.4. The SMILES string of the molecule is CN(Cc1ccncc1)CC(Cl)C#N. The van der Waals surface area contributed by atoms with E-state index in [1.165, 1.54) is 5.56 Å². The maximum atomic E-state index is 8.53. The molecule has 4 heteroatoms. The highest BCUT2D eigenvalue weighted by Crippen LogP contribution is 2.03. The molecule has 14 heavy (non-hydrogen) atoms. The molecule has 1 aromatic rings. The van der Waals surface area contributed by atoms with Crippen LogP contribution >= 0.6 is 11.6 Å². The molecule has 0 saturated heterocycles. The second-order valence-electron chi connectivity index (χ2n) is 3.15. The Morgan fingerprint density at radius 1 is 1.57 bits per heavy atom. The minimum atomic E-state index is -0.443. The van der Waals surface area contributed by atoms with Crippen molar-refractivity contribution in [3.63, 3.8) is 0 Å². The molecule has 1 heterocycles. The average Bonchev–Trinajstić information content (AvgIpc) is 2.19. The van der Waals surface area contributed by atoms with Crippen LogP contribution in [0.15, 0.2) is 24.5 Å². The van der Waals surface area contributed by atoms with E-state index in [0.29, 0.717) is 6.54 Å². The first-order valence-electron chi connectivity index (χ1n) is 4.33. The quantitative estimate of drug-likeness (QED) is 0.708. The Kier molecular flexibility index (Phi) is 4.37. The predicted molar refractivity (Wildman–Crippen MR) is 55.8 cm³/mol. The van der Waals surface area contributed by atoms with Gasteiger partial charge in [-0.25, -0.2) is 0 Å². The van der Waals surface area contributed by atoms with Gasteiger partial charge >= 0.3 is 0 Å². The van der Waals surface area contributed by atoms with Crippen molar-refractivity contribution in [3.05, 3.63) is 30.1 Å². The van der Waals surface area contributed by atoms with Gasteiger partial charge in [-0.15, -0.1) is 11.6 Å². The number of alkyl halides is 1. The molecule has 0 aliphatic carbocycles. The smallest absolute Gasteiger partial charge is 0.133 e. The standard InChI is InChI=1S/C10H12ClN3/c1-14(8-10(11)6-12)7-9-2-4-13-5-3-9/h2-5,10H,7-8H2,1H3. The lowest BCUT2D eigenvalue weighted by atomic mass is 10.2. The van der Waals surface area contributed by atoms with Gasteiger partial charge in [-0.05, 0) is 24.7 Å². The third-order valence-corrected chi connectivity index (χ3v) is 2.05. The van der Waals surface area contributed by atoms with Crippen LogP contribution in [0.5, 0.6) is 0 Å². The van der Waals surface area contributed by atoms with E-state index < -0.39 is 5.38 Å². The first-order chi connectivity index (χ1) is 6.72. The maximum Gasteiger partial charge on any atom is 0.133 e. The molecule has 0 radical (unpaired) electrons. The Morgan fingerprint density at radius 2 is 2.21 bits per heavy atom. The highest BCUT2D eigenvalue weighted by Gasteiger charge is 2.06. The number of pyridine rings is 1.